The molecule has 0 saturated heterocycles. The fourth-order valence-electron chi connectivity index (χ4n) is 1.91. The number of hydrogen-bond acceptors (Lipinski definition) is 3. The Morgan fingerprint density at radius 1 is 1.35 bits per heavy atom. The molecular formula is C16H26N2O2. The van der Waals surface area contributed by atoms with Crippen LogP contribution in [0.3, 0.4) is 0 Å². The first kappa shape index (κ1) is 16.5. The highest BCUT2D eigenvalue weighted by Gasteiger charge is 2.19. The maximum atomic E-state index is 11.6. The predicted molar refractivity (Wildman–Crippen MR) is 82.1 cm³/mol. The van der Waals surface area contributed by atoms with Gasteiger partial charge in [-0.05, 0) is 29.0 Å². The molecular weight excluding hydrogens is 252 g/mol. The monoisotopic (exact) mass is 278 g/mol. The van der Waals surface area contributed by atoms with E-state index in [9.17, 15) is 4.79 Å². The van der Waals surface area contributed by atoms with Gasteiger partial charge >= 0.3 is 0 Å². The molecule has 4 heteroatoms. The van der Waals surface area contributed by atoms with Crippen molar-refractivity contribution in [2.75, 3.05) is 19.7 Å². The van der Waals surface area contributed by atoms with Crippen LogP contribution in [0.1, 0.15) is 38.8 Å². The Bertz CT molecular complexity index is 450. The lowest BCUT2D eigenvalue weighted by Crippen LogP contribution is -2.33. The zero-order valence-corrected chi connectivity index (χ0v) is 13.0. The third-order valence-corrected chi connectivity index (χ3v) is 3.09. The van der Waals surface area contributed by atoms with Gasteiger partial charge in [0.05, 0.1) is 0 Å². The van der Waals surface area contributed by atoms with Crippen molar-refractivity contribution in [3.05, 3.63) is 29.3 Å². The Morgan fingerprint density at radius 2 is 2.05 bits per heavy atom. The van der Waals surface area contributed by atoms with Crippen LogP contribution in [0.15, 0.2) is 18.2 Å². The van der Waals surface area contributed by atoms with Crippen LogP contribution in [-0.4, -0.2) is 25.6 Å². The van der Waals surface area contributed by atoms with Gasteiger partial charge in [0, 0.05) is 13.1 Å². The topological polar surface area (TPSA) is 64.3 Å². The van der Waals surface area contributed by atoms with Gasteiger partial charge in [-0.3, -0.25) is 4.79 Å². The highest BCUT2D eigenvalue weighted by Crippen LogP contribution is 2.32. The fourth-order valence-corrected chi connectivity index (χ4v) is 1.91. The van der Waals surface area contributed by atoms with Gasteiger partial charge in [0.2, 0.25) is 0 Å². The van der Waals surface area contributed by atoms with Gasteiger partial charge in [-0.2, -0.15) is 0 Å². The van der Waals surface area contributed by atoms with Gasteiger partial charge in [0.1, 0.15) is 5.75 Å². The van der Waals surface area contributed by atoms with Crippen LogP contribution in [0.25, 0.3) is 0 Å². The summed E-state index contributed by atoms with van der Waals surface area (Å²) < 4.78 is 5.67. The average molecular weight is 278 g/mol. The number of ether oxygens (including phenoxy) is 1. The zero-order valence-electron chi connectivity index (χ0n) is 13.0. The summed E-state index contributed by atoms with van der Waals surface area (Å²) in [5, 5.41) is 2.69. The molecule has 0 spiro atoms. The number of benzene rings is 1. The van der Waals surface area contributed by atoms with E-state index >= 15 is 0 Å². The molecule has 112 valence electrons. The molecule has 1 rings (SSSR count). The van der Waals surface area contributed by atoms with Crippen molar-refractivity contribution in [3.63, 3.8) is 0 Å². The van der Waals surface area contributed by atoms with E-state index < -0.39 is 0 Å². The number of carbonyl (C=O) groups excluding carboxylic acids is 1. The van der Waals surface area contributed by atoms with E-state index in [0.29, 0.717) is 13.1 Å². The minimum Gasteiger partial charge on any atom is -0.483 e. The first-order valence-corrected chi connectivity index (χ1v) is 7.11. The van der Waals surface area contributed by atoms with Gasteiger partial charge in [-0.15, -0.1) is 0 Å². The van der Waals surface area contributed by atoms with Crippen LogP contribution in [0.2, 0.25) is 0 Å². The molecule has 4 nitrogen and oxygen atoms in total. The van der Waals surface area contributed by atoms with Crippen LogP contribution >= 0.6 is 0 Å². The zero-order chi connectivity index (χ0) is 15.2. The minimum absolute atomic E-state index is 0.0196. The number of nitrogens with two attached hydrogens (primary N) is 1. The van der Waals surface area contributed by atoms with E-state index in [1.165, 1.54) is 5.56 Å². The van der Waals surface area contributed by atoms with E-state index in [1.807, 2.05) is 12.1 Å². The summed E-state index contributed by atoms with van der Waals surface area (Å²) in [6.07, 6.45) is 0.986. The summed E-state index contributed by atoms with van der Waals surface area (Å²) in [6.45, 7) is 9.49. The van der Waals surface area contributed by atoms with Crippen molar-refractivity contribution in [2.45, 2.75) is 39.5 Å². The molecule has 0 fully saturated rings. The van der Waals surface area contributed by atoms with E-state index in [1.54, 1.807) is 0 Å². The summed E-state index contributed by atoms with van der Waals surface area (Å²) in [4.78, 5) is 11.6. The minimum atomic E-state index is -0.144. The molecule has 0 saturated carbocycles. The van der Waals surface area contributed by atoms with Gasteiger partial charge in [0.25, 0.3) is 5.91 Å². The van der Waals surface area contributed by atoms with E-state index in [-0.39, 0.29) is 17.9 Å². The number of hydrogen-bond donors (Lipinski definition) is 2. The molecule has 1 aromatic carbocycles. The SMILES string of the molecule is CCc1ccc(OCC(=O)NCCN)c(C(C)(C)C)c1. The van der Waals surface area contributed by atoms with Crippen LogP contribution < -0.4 is 15.8 Å². The molecule has 0 unspecified atom stereocenters. The number of amides is 1. The van der Waals surface area contributed by atoms with Crippen molar-refractivity contribution in [2.24, 2.45) is 5.73 Å². The second-order valence-electron chi connectivity index (χ2n) is 5.86. The van der Waals surface area contributed by atoms with E-state index in [4.69, 9.17) is 10.5 Å². The Labute approximate surface area is 121 Å². The lowest BCUT2D eigenvalue weighted by atomic mass is 9.85. The van der Waals surface area contributed by atoms with Gasteiger partial charge < -0.3 is 15.8 Å². The lowest BCUT2D eigenvalue weighted by molar-refractivity contribution is -0.123. The predicted octanol–water partition coefficient (Wildman–Crippen LogP) is 2.00. The average Bonchev–Trinajstić information content (AvgIpc) is 2.41. The second kappa shape index (κ2) is 7.29. The lowest BCUT2D eigenvalue weighted by Gasteiger charge is -2.23. The summed E-state index contributed by atoms with van der Waals surface area (Å²) >= 11 is 0. The molecule has 0 atom stereocenters. The van der Waals surface area contributed by atoms with Crippen molar-refractivity contribution < 1.29 is 9.53 Å². The van der Waals surface area contributed by atoms with Crippen LogP contribution in [-0.2, 0) is 16.6 Å². The summed E-state index contributed by atoms with van der Waals surface area (Å²) in [5.41, 5.74) is 7.72. The number of aryl methyl sites for hydroxylation is 1. The Kier molecular flexibility index (Phi) is 6.02. The molecule has 1 amide bonds. The number of rotatable bonds is 6. The molecule has 0 aromatic heterocycles. The molecule has 1 aromatic rings. The van der Waals surface area contributed by atoms with Gasteiger partial charge in [-0.1, -0.05) is 39.8 Å². The number of carbonyl (C=O) groups is 1. The molecule has 0 aliphatic carbocycles. The van der Waals surface area contributed by atoms with Crippen molar-refractivity contribution in [1.82, 2.24) is 5.32 Å². The highest BCUT2D eigenvalue weighted by molar-refractivity contribution is 5.77. The van der Waals surface area contributed by atoms with Crippen molar-refractivity contribution in [3.8, 4) is 5.75 Å². The van der Waals surface area contributed by atoms with E-state index in [2.05, 4.69) is 39.1 Å². The fraction of sp³-hybridized carbons (Fsp3) is 0.562. The first-order valence-electron chi connectivity index (χ1n) is 7.11. The smallest absolute Gasteiger partial charge is 0.257 e. The Morgan fingerprint density at radius 3 is 2.60 bits per heavy atom. The molecule has 0 aliphatic rings. The first-order chi connectivity index (χ1) is 9.38. The maximum Gasteiger partial charge on any atom is 0.257 e. The molecule has 20 heavy (non-hydrogen) atoms. The number of nitrogens with one attached hydrogen (secondary N) is 1. The Hall–Kier alpha value is -1.55. The van der Waals surface area contributed by atoms with Crippen molar-refractivity contribution >= 4 is 5.91 Å². The van der Waals surface area contributed by atoms with E-state index in [0.717, 1.165) is 17.7 Å². The molecule has 3 N–H and O–H groups in total. The summed E-state index contributed by atoms with van der Waals surface area (Å²) in [6, 6.07) is 6.16. The maximum absolute atomic E-state index is 11.6. The standard InChI is InChI=1S/C16H26N2O2/c1-5-12-6-7-14(13(10-12)16(2,3)4)20-11-15(19)18-9-8-17/h6-7,10H,5,8-9,11,17H2,1-4H3,(H,18,19). The van der Waals surface area contributed by atoms with Crippen LogP contribution in [0.5, 0.6) is 5.75 Å². The quantitative estimate of drug-likeness (QED) is 0.836. The summed E-state index contributed by atoms with van der Waals surface area (Å²) in [7, 11) is 0. The largest absolute Gasteiger partial charge is 0.483 e. The van der Waals surface area contributed by atoms with Gasteiger partial charge in [0.15, 0.2) is 6.61 Å². The van der Waals surface area contributed by atoms with Crippen LogP contribution in [0, 0.1) is 0 Å². The van der Waals surface area contributed by atoms with Crippen LogP contribution in [0.4, 0.5) is 0 Å². The summed E-state index contributed by atoms with van der Waals surface area (Å²) in [5.74, 6) is 0.632. The molecule has 0 bridgehead atoms. The highest BCUT2D eigenvalue weighted by atomic mass is 16.5. The molecule has 0 radical (unpaired) electrons. The van der Waals surface area contributed by atoms with Gasteiger partial charge in [-0.25, -0.2) is 0 Å². The third-order valence-electron chi connectivity index (χ3n) is 3.09. The normalized spacial score (nSPS) is 11.2. The third kappa shape index (κ3) is 4.85. The van der Waals surface area contributed by atoms with Crippen molar-refractivity contribution in [1.29, 1.82) is 0 Å². The molecule has 0 aliphatic heterocycles. The Balaban J connectivity index is 2.81. The molecule has 0 heterocycles. The second-order valence-corrected chi connectivity index (χ2v) is 5.86.